The summed E-state index contributed by atoms with van der Waals surface area (Å²) in [4.78, 5) is 0. The van der Waals surface area contributed by atoms with E-state index in [-0.39, 0.29) is 10.9 Å². The van der Waals surface area contributed by atoms with Crippen molar-refractivity contribution in [3.05, 3.63) is 34.8 Å². The summed E-state index contributed by atoms with van der Waals surface area (Å²) in [7, 11) is 0. The summed E-state index contributed by atoms with van der Waals surface area (Å²) in [5, 5.41) is 17.6. The van der Waals surface area contributed by atoms with E-state index in [1.165, 1.54) is 0 Å². The topological polar surface area (TPSA) is 58.0 Å². The predicted octanol–water partition coefficient (Wildman–Crippen LogP) is 2.92. The highest BCUT2D eigenvalue weighted by atomic mass is 32.1. The highest BCUT2D eigenvalue weighted by molar-refractivity contribution is 7.15. The van der Waals surface area contributed by atoms with Crippen LogP contribution in [-0.2, 0) is 12.6 Å². The zero-order valence-electron chi connectivity index (χ0n) is 9.61. The summed E-state index contributed by atoms with van der Waals surface area (Å²) in [5.41, 5.74) is 0.964. The molecule has 0 bridgehead atoms. The maximum absolute atomic E-state index is 12.3. The molecule has 8 heteroatoms. The van der Waals surface area contributed by atoms with Crippen LogP contribution in [-0.4, -0.2) is 21.8 Å². The molecule has 2 aromatic rings. The minimum atomic E-state index is -4.45. The first-order valence-corrected chi connectivity index (χ1v) is 6.19. The van der Waals surface area contributed by atoms with Crippen LogP contribution in [0.15, 0.2) is 24.3 Å². The maximum Gasteiger partial charge on any atom is 0.445 e. The molecule has 19 heavy (non-hydrogen) atoms. The summed E-state index contributed by atoms with van der Waals surface area (Å²) in [6.07, 6.45) is -3.84. The predicted molar refractivity (Wildman–Crippen MR) is 65.2 cm³/mol. The largest absolute Gasteiger partial charge is 0.508 e. The van der Waals surface area contributed by atoms with Crippen LogP contribution in [0.2, 0.25) is 0 Å². The van der Waals surface area contributed by atoms with Gasteiger partial charge in [-0.15, -0.1) is 10.2 Å². The molecule has 4 nitrogen and oxygen atoms in total. The lowest BCUT2D eigenvalue weighted by atomic mass is 10.1. The molecule has 1 aromatic carbocycles. The van der Waals surface area contributed by atoms with Crippen LogP contribution in [0, 0.1) is 0 Å². The minimum absolute atomic E-state index is 0.145. The van der Waals surface area contributed by atoms with Gasteiger partial charge in [-0.2, -0.15) is 13.2 Å². The number of aromatic hydroxyl groups is 1. The first kappa shape index (κ1) is 13.6. The number of phenolic OH excluding ortho intramolecular Hbond substituents is 1. The number of phenols is 1. The number of nitrogens with one attached hydrogen (secondary N) is 1. The fraction of sp³-hybridized carbons (Fsp3) is 0.273. The monoisotopic (exact) mass is 289 g/mol. The molecule has 0 saturated heterocycles. The Kier molecular flexibility index (Phi) is 3.89. The van der Waals surface area contributed by atoms with Crippen molar-refractivity contribution in [3.63, 3.8) is 0 Å². The van der Waals surface area contributed by atoms with E-state index in [0.29, 0.717) is 24.3 Å². The van der Waals surface area contributed by atoms with E-state index in [1.807, 2.05) is 0 Å². The van der Waals surface area contributed by atoms with Gasteiger partial charge in [-0.25, -0.2) is 0 Å². The van der Waals surface area contributed by atoms with Crippen LogP contribution >= 0.6 is 11.3 Å². The zero-order chi connectivity index (χ0) is 13.9. The van der Waals surface area contributed by atoms with Crippen molar-refractivity contribution in [2.75, 3.05) is 11.9 Å². The molecule has 1 aromatic heterocycles. The molecule has 0 radical (unpaired) electrons. The van der Waals surface area contributed by atoms with Crippen LogP contribution in [0.3, 0.4) is 0 Å². The van der Waals surface area contributed by atoms with Gasteiger partial charge >= 0.3 is 6.18 Å². The van der Waals surface area contributed by atoms with Crippen molar-refractivity contribution in [1.82, 2.24) is 10.2 Å². The third-order valence-electron chi connectivity index (χ3n) is 2.29. The number of hydrogen-bond acceptors (Lipinski definition) is 5. The molecule has 0 aliphatic carbocycles. The van der Waals surface area contributed by atoms with Crippen molar-refractivity contribution in [2.45, 2.75) is 12.6 Å². The third-order valence-corrected chi connectivity index (χ3v) is 3.22. The van der Waals surface area contributed by atoms with Crippen molar-refractivity contribution < 1.29 is 18.3 Å². The van der Waals surface area contributed by atoms with Crippen molar-refractivity contribution in [3.8, 4) is 5.75 Å². The second-order valence-electron chi connectivity index (χ2n) is 3.75. The third kappa shape index (κ3) is 3.82. The molecule has 0 spiro atoms. The minimum Gasteiger partial charge on any atom is -0.508 e. The number of rotatable bonds is 4. The highest BCUT2D eigenvalue weighted by Crippen LogP contribution is 2.32. The van der Waals surface area contributed by atoms with Crippen molar-refractivity contribution >= 4 is 16.5 Å². The van der Waals surface area contributed by atoms with Crippen LogP contribution in [0.4, 0.5) is 18.3 Å². The standard InChI is InChI=1S/C11H10F3N3OS/c12-11(13,14)9-16-17-10(19-9)15-6-5-7-1-3-8(18)4-2-7/h1-4,18H,5-6H2,(H,15,17). The van der Waals surface area contributed by atoms with E-state index in [9.17, 15) is 13.2 Å². The molecular weight excluding hydrogens is 279 g/mol. The molecule has 0 saturated carbocycles. The Morgan fingerprint density at radius 2 is 1.84 bits per heavy atom. The molecule has 102 valence electrons. The molecule has 0 aliphatic heterocycles. The van der Waals surface area contributed by atoms with E-state index < -0.39 is 11.2 Å². The summed E-state index contributed by atoms with van der Waals surface area (Å²) in [5.74, 6) is 0.177. The second-order valence-corrected chi connectivity index (χ2v) is 4.73. The lowest BCUT2D eigenvalue weighted by molar-refractivity contribution is -0.138. The second kappa shape index (κ2) is 5.43. The van der Waals surface area contributed by atoms with Gasteiger partial charge in [0.15, 0.2) is 0 Å². The Labute approximate surface area is 110 Å². The van der Waals surface area contributed by atoms with E-state index in [2.05, 4.69) is 15.5 Å². The first-order valence-electron chi connectivity index (χ1n) is 5.37. The highest BCUT2D eigenvalue weighted by Gasteiger charge is 2.35. The maximum atomic E-state index is 12.3. The van der Waals surface area contributed by atoms with E-state index in [0.717, 1.165) is 5.56 Å². The molecule has 2 rings (SSSR count). The van der Waals surface area contributed by atoms with E-state index in [4.69, 9.17) is 5.11 Å². The number of hydrogen-bond donors (Lipinski definition) is 2. The fourth-order valence-electron chi connectivity index (χ4n) is 1.39. The molecule has 0 fully saturated rings. The van der Waals surface area contributed by atoms with E-state index >= 15 is 0 Å². The van der Waals surface area contributed by atoms with Gasteiger partial charge in [-0.3, -0.25) is 0 Å². The number of anilines is 1. The summed E-state index contributed by atoms with van der Waals surface area (Å²) in [6.45, 7) is 0.442. The zero-order valence-corrected chi connectivity index (χ0v) is 10.4. The van der Waals surface area contributed by atoms with E-state index in [1.54, 1.807) is 24.3 Å². The van der Waals surface area contributed by atoms with Gasteiger partial charge in [0.1, 0.15) is 5.75 Å². The molecule has 0 atom stereocenters. The SMILES string of the molecule is Oc1ccc(CCNc2nnc(C(F)(F)F)s2)cc1. The average molecular weight is 289 g/mol. The van der Waals surface area contributed by atoms with Gasteiger partial charge in [0.25, 0.3) is 0 Å². The van der Waals surface area contributed by atoms with Gasteiger partial charge < -0.3 is 10.4 Å². The molecular formula is C11H10F3N3OS. The Hall–Kier alpha value is -1.83. The Bertz CT molecular complexity index is 539. The van der Waals surface area contributed by atoms with Gasteiger partial charge in [-0.05, 0) is 24.1 Å². The van der Waals surface area contributed by atoms with Crippen LogP contribution in [0.1, 0.15) is 10.6 Å². The van der Waals surface area contributed by atoms with Crippen LogP contribution in [0.25, 0.3) is 0 Å². The Morgan fingerprint density at radius 3 is 2.42 bits per heavy atom. The van der Waals surface area contributed by atoms with Crippen molar-refractivity contribution in [1.29, 1.82) is 0 Å². The van der Waals surface area contributed by atoms with Gasteiger partial charge in [0.2, 0.25) is 10.1 Å². The average Bonchev–Trinajstić information content (AvgIpc) is 2.80. The van der Waals surface area contributed by atoms with Gasteiger partial charge in [0, 0.05) is 6.54 Å². The molecule has 0 unspecified atom stereocenters. The number of alkyl halides is 3. The molecule has 0 aliphatic rings. The number of halogens is 3. The number of nitrogens with zero attached hydrogens (tertiary/aromatic N) is 2. The normalized spacial score (nSPS) is 11.5. The summed E-state index contributed by atoms with van der Waals surface area (Å²) in [6, 6.07) is 6.61. The van der Waals surface area contributed by atoms with Gasteiger partial charge in [-0.1, -0.05) is 23.5 Å². The summed E-state index contributed by atoms with van der Waals surface area (Å²) < 4.78 is 36.8. The fourth-order valence-corrected chi connectivity index (χ4v) is 2.02. The summed E-state index contributed by atoms with van der Waals surface area (Å²) >= 11 is 0.479. The van der Waals surface area contributed by atoms with Crippen LogP contribution < -0.4 is 5.32 Å². The Morgan fingerprint density at radius 1 is 1.16 bits per heavy atom. The number of aromatic nitrogens is 2. The number of benzene rings is 1. The first-order chi connectivity index (χ1) is 8.95. The lowest BCUT2D eigenvalue weighted by Gasteiger charge is -2.02. The smallest absolute Gasteiger partial charge is 0.445 e. The quantitative estimate of drug-likeness (QED) is 0.908. The van der Waals surface area contributed by atoms with Gasteiger partial charge in [0.05, 0.1) is 0 Å². The molecule has 1 heterocycles. The Balaban J connectivity index is 1.86. The molecule has 0 amide bonds. The van der Waals surface area contributed by atoms with Crippen molar-refractivity contribution in [2.24, 2.45) is 0 Å². The molecule has 2 N–H and O–H groups in total. The van der Waals surface area contributed by atoms with Crippen LogP contribution in [0.5, 0.6) is 5.75 Å². The lowest BCUT2D eigenvalue weighted by Crippen LogP contribution is -2.04.